The molecule has 3 bridgehead atoms. The van der Waals surface area contributed by atoms with Crippen LogP contribution >= 0.6 is 0 Å². The number of ketones is 1. The summed E-state index contributed by atoms with van der Waals surface area (Å²) in [7, 11) is 0. The smallest absolute Gasteiger partial charge is 0.306 e. The number of aliphatic hydroxyl groups is 3. The first-order chi connectivity index (χ1) is 20.0. The lowest BCUT2D eigenvalue weighted by Gasteiger charge is -2.59. The highest BCUT2D eigenvalue weighted by Gasteiger charge is 2.88. The molecule has 3 N–H and O–H groups in total. The molecule has 0 radical (unpaired) electrons. The first-order valence-electron chi connectivity index (χ1n) is 16.0. The number of hydrogen-bond acceptors (Lipinski definition) is 8. The Morgan fingerprint density at radius 1 is 1.10 bits per heavy atom. The van der Waals surface area contributed by atoms with Crippen LogP contribution < -0.4 is 0 Å². The number of carbonyl (C=O) groups excluding carboxylic acids is 1. The summed E-state index contributed by atoms with van der Waals surface area (Å²) in [6.07, 6.45) is 16.9. The van der Waals surface area contributed by atoms with Crippen molar-refractivity contribution in [3.63, 3.8) is 0 Å². The summed E-state index contributed by atoms with van der Waals surface area (Å²) >= 11 is 0. The number of ether oxygens (including phenoxy) is 4. The lowest BCUT2D eigenvalue weighted by molar-refractivity contribution is -0.406. The third-order valence-corrected chi connectivity index (χ3v) is 11.2. The van der Waals surface area contributed by atoms with Crippen LogP contribution in [0.3, 0.4) is 0 Å². The second kappa shape index (κ2) is 10.5. The van der Waals surface area contributed by atoms with E-state index in [1.807, 2.05) is 26.0 Å². The average Bonchev–Trinajstić information content (AvgIpc) is 3.60. The number of rotatable bonds is 12. The molecule has 232 valence electrons. The predicted octanol–water partition coefficient (Wildman–Crippen LogP) is 4.43. The molecule has 0 aromatic heterocycles. The van der Waals surface area contributed by atoms with Gasteiger partial charge >= 0.3 is 5.97 Å². The van der Waals surface area contributed by atoms with E-state index in [2.05, 4.69) is 19.6 Å². The number of Topliss-reactive ketones (excluding diaryl/α,β-unsaturated/α-hetero) is 1. The molecule has 8 heteroatoms. The highest BCUT2D eigenvalue weighted by atomic mass is 16.9. The molecule has 3 aliphatic heterocycles. The summed E-state index contributed by atoms with van der Waals surface area (Å²) in [4.78, 5) is 13.5. The van der Waals surface area contributed by atoms with Gasteiger partial charge in [0.15, 0.2) is 11.4 Å². The molecule has 8 nitrogen and oxygen atoms in total. The number of epoxide rings is 1. The standard InChI is InChI=1S/C34H48O8/c1-6-7-8-9-10-11-12-13-14-15-16-17-32-40-27-25-28-31(20-35,39-28)29(37)33(38)24(18-22(4)26(33)36)34(25,42-32)23(5)19-30(27,41-32)21(2)3/h14-18,23-25,27-29,35,37-38H,2,6-13,19-20H2,1,3-5H3/b15-14+,17-16+/t23?,24?,25-,27-,28?,29-,30-,31?,32?,33-,34?/m1/s1. The van der Waals surface area contributed by atoms with Crippen LogP contribution in [0.2, 0.25) is 0 Å². The molecule has 2 saturated carbocycles. The first-order valence-corrected chi connectivity index (χ1v) is 16.0. The van der Waals surface area contributed by atoms with Gasteiger partial charge in [0, 0.05) is 17.9 Å². The Balaban J connectivity index is 1.31. The topological polar surface area (TPSA) is 118 Å². The zero-order chi connectivity index (χ0) is 30.1. The molecule has 3 saturated heterocycles. The van der Waals surface area contributed by atoms with Gasteiger partial charge in [0.05, 0.1) is 12.2 Å². The fraction of sp³-hybridized carbons (Fsp3) is 0.735. The summed E-state index contributed by atoms with van der Waals surface area (Å²) in [5.41, 5.74) is -4.66. The Bertz CT molecular complexity index is 1210. The van der Waals surface area contributed by atoms with Gasteiger partial charge < -0.3 is 34.3 Å². The predicted molar refractivity (Wildman–Crippen MR) is 156 cm³/mol. The Hall–Kier alpha value is -1.65. The second-order valence-electron chi connectivity index (χ2n) is 13.7. The molecule has 6 unspecified atom stereocenters. The van der Waals surface area contributed by atoms with Gasteiger partial charge in [-0.05, 0) is 50.2 Å². The molecule has 0 aromatic carbocycles. The van der Waals surface area contributed by atoms with Crippen molar-refractivity contribution in [3.8, 4) is 0 Å². The number of unbranched alkanes of at least 4 members (excludes halogenated alkanes) is 7. The van der Waals surface area contributed by atoms with Crippen molar-refractivity contribution >= 4 is 5.78 Å². The van der Waals surface area contributed by atoms with Crippen LogP contribution in [0.5, 0.6) is 0 Å². The summed E-state index contributed by atoms with van der Waals surface area (Å²) in [5, 5.41) is 34.2. The van der Waals surface area contributed by atoms with Crippen LogP contribution in [-0.4, -0.2) is 74.4 Å². The molecule has 3 aliphatic carbocycles. The van der Waals surface area contributed by atoms with Crippen LogP contribution in [0.1, 0.15) is 85.5 Å². The summed E-state index contributed by atoms with van der Waals surface area (Å²) in [6, 6.07) is 0. The Labute approximate surface area is 249 Å². The molecule has 6 aliphatic rings. The molecular formula is C34H48O8. The van der Waals surface area contributed by atoms with Gasteiger partial charge in [-0.2, -0.15) is 0 Å². The van der Waals surface area contributed by atoms with E-state index < -0.39 is 70.9 Å². The van der Waals surface area contributed by atoms with Gasteiger partial charge in [-0.25, -0.2) is 0 Å². The highest BCUT2D eigenvalue weighted by Crippen LogP contribution is 2.72. The third kappa shape index (κ3) is 3.95. The second-order valence-corrected chi connectivity index (χ2v) is 13.7. The van der Waals surface area contributed by atoms with Gasteiger partial charge in [0.1, 0.15) is 29.5 Å². The van der Waals surface area contributed by atoms with E-state index in [-0.39, 0.29) is 5.92 Å². The fourth-order valence-electron chi connectivity index (χ4n) is 8.98. The summed E-state index contributed by atoms with van der Waals surface area (Å²) in [6.45, 7) is 11.6. The number of aliphatic hydroxyl groups excluding tert-OH is 2. The molecule has 0 aromatic rings. The number of fused-ring (bicyclic) bond motifs is 3. The van der Waals surface area contributed by atoms with Gasteiger partial charge in [-0.15, -0.1) is 0 Å². The minimum Gasteiger partial charge on any atom is -0.393 e. The Morgan fingerprint density at radius 2 is 1.81 bits per heavy atom. The first kappa shape index (κ1) is 30.4. The summed E-state index contributed by atoms with van der Waals surface area (Å²) < 4.78 is 26.5. The lowest BCUT2D eigenvalue weighted by Crippen LogP contribution is -2.72. The zero-order valence-corrected chi connectivity index (χ0v) is 25.5. The van der Waals surface area contributed by atoms with Crippen molar-refractivity contribution in [2.24, 2.45) is 17.8 Å². The third-order valence-electron chi connectivity index (χ3n) is 11.2. The van der Waals surface area contributed by atoms with E-state index in [0.717, 1.165) is 18.4 Å². The Kier molecular flexibility index (Phi) is 7.57. The molecular weight excluding hydrogens is 536 g/mol. The van der Waals surface area contributed by atoms with Gasteiger partial charge in [0.2, 0.25) is 0 Å². The molecule has 3 heterocycles. The number of allylic oxidation sites excluding steroid dienone is 3. The maximum absolute atomic E-state index is 13.5. The highest BCUT2D eigenvalue weighted by molar-refractivity contribution is 6.05. The van der Waals surface area contributed by atoms with Gasteiger partial charge in [0.25, 0.3) is 0 Å². The summed E-state index contributed by atoms with van der Waals surface area (Å²) in [5.74, 6) is -3.80. The average molecular weight is 585 g/mol. The van der Waals surface area contributed by atoms with Crippen molar-refractivity contribution in [3.05, 3.63) is 48.1 Å². The van der Waals surface area contributed by atoms with Crippen molar-refractivity contribution < 1.29 is 39.1 Å². The molecule has 0 spiro atoms. The maximum Gasteiger partial charge on any atom is 0.306 e. The molecule has 42 heavy (non-hydrogen) atoms. The van der Waals surface area contributed by atoms with Crippen molar-refractivity contribution in [1.29, 1.82) is 0 Å². The van der Waals surface area contributed by atoms with E-state index in [1.54, 1.807) is 19.1 Å². The van der Waals surface area contributed by atoms with Crippen molar-refractivity contribution in [1.82, 2.24) is 0 Å². The monoisotopic (exact) mass is 584 g/mol. The number of carbonyl (C=O) groups is 1. The minimum atomic E-state index is -2.22. The quantitative estimate of drug-likeness (QED) is 0.134. The maximum atomic E-state index is 13.5. The zero-order valence-electron chi connectivity index (χ0n) is 25.5. The molecule has 11 atom stereocenters. The van der Waals surface area contributed by atoms with E-state index in [0.29, 0.717) is 12.0 Å². The van der Waals surface area contributed by atoms with E-state index in [4.69, 9.17) is 18.9 Å². The molecule has 6 rings (SSSR count). The fourth-order valence-corrected chi connectivity index (χ4v) is 8.98. The largest absolute Gasteiger partial charge is 0.393 e. The number of hydrogen-bond donors (Lipinski definition) is 3. The van der Waals surface area contributed by atoms with E-state index >= 15 is 0 Å². The lowest BCUT2D eigenvalue weighted by atomic mass is 9.54. The Morgan fingerprint density at radius 3 is 2.50 bits per heavy atom. The molecule has 0 amide bonds. The van der Waals surface area contributed by atoms with Gasteiger partial charge in [-0.3, -0.25) is 4.79 Å². The SMILES string of the molecule is C=C(C)[C@]12CC(C)C34OC(/C=C/C=C/CCCCCCCCC)(O[C@@H]1[C@@H]3C1OC1(CO)[C@@H](O)[C@]1(O)C(=O)C(C)=CC41)O2. The minimum absolute atomic E-state index is 0.236. The van der Waals surface area contributed by atoms with E-state index in [9.17, 15) is 20.1 Å². The van der Waals surface area contributed by atoms with Crippen LogP contribution in [0.15, 0.2) is 48.1 Å². The van der Waals surface area contributed by atoms with Crippen LogP contribution in [0.25, 0.3) is 0 Å². The van der Waals surface area contributed by atoms with Crippen LogP contribution in [-0.2, 0) is 23.7 Å². The van der Waals surface area contributed by atoms with Crippen LogP contribution in [0, 0.1) is 17.8 Å². The van der Waals surface area contributed by atoms with Gasteiger partial charge in [-0.1, -0.05) is 83.3 Å². The van der Waals surface area contributed by atoms with Crippen LogP contribution in [0.4, 0.5) is 0 Å². The van der Waals surface area contributed by atoms with Crippen molar-refractivity contribution in [2.75, 3.05) is 6.61 Å². The van der Waals surface area contributed by atoms with Crippen molar-refractivity contribution in [2.45, 2.75) is 132 Å². The molecule has 5 fully saturated rings. The van der Waals surface area contributed by atoms with E-state index in [1.165, 1.54) is 38.5 Å². The normalized spacial score (nSPS) is 48.4.